The van der Waals surface area contributed by atoms with Gasteiger partial charge in [-0.15, -0.1) is 0 Å². The first kappa shape index (κ1) is 15.8. The Balaban J connectivity index is 1.61. The van der Waals surface area contributed by atoms with Gasteiger partial charge in [-0.25, -0.2) is 0 Å². The summed E-state index contributed by atoms with van der Waals surface area (Å²) in [4.78, 5) is 14.4. The van der Waals surface area contributed by atoms with Crippen LogP contribution in [0.1, 0.15) is 33.1 Å². The summed E-state index contributed by atoms with van der Waals surface area (Å²) in [6.07, 6.45) is 0. The van der Waals surface area contributed by atoms with Crippen LogP contribution in [0, 0.1) is 6.92 Å². The van der Waals surface area contributed by atoms with E-state index in [0.29, 0.717) is 0 Å². The molecular formula is C23H22NO+. The lowest BCUT2D eigenvalue weighted by Gasteiger charge is -2.02. The van der Waals surface area contributed by atoms with Crippen molar-refractivity contribution < 1.29 is 9.69 Å². The van der Waals surface area contributed by atoms with Gasteiger partial charge in [0.25, 0.3) is 0 Å². The number of hydrogen-bond acceptors (Lipinski definition) is 1. The molecule has 124 valence electrons. The zero-order chi connectivity index (χ0) is 17.2. The summed E-state index contributed by atoms with van der Waals surface area (Å²) in [5, 5.41) is 0. The number of carbonyl (C=O) groups is 1. The Kier molecular flexibility index (Phi) is 4.21. The molecule has 1 aliphatic rings. The Hall–Kier alpha value is -2.71. The van der Waals surface area contributed by atoms with Gasteiger partial charge in [-0.3, -0.25) is 4.79 Å². The van der Waals surface area contributed by atoms with E-state index in [1.165, 1.54) is 21.6 Å². The zero-order valence-corrected chi connectivity index (χ0v) is 14.4. The normalized spacial score (nSPS) is 21.7. The molecule has 2 heteroatoms. The summed E-state index contributed by atoms with van der Waals surface area (Å²) in [7, 11) is 0. The summed E-state index contributed by atoms with van der Waals surface area (Å²) >= 11 is 0. The number of ketones is 1. The number of quaternary nitrogens is 1. The molecule has 1 fully saturated rings. The van der Waals surface area contributed by atoms with Crippen LogP contribution in [-0.4, -0.2) is 11.8 Å². The fraction of sp³-hybridized carbons (Fsp3) is 0.174. The molecule has 25 heavy (non-hydrogen) atoms. The molecule has 3 aromatic carbocycles. The lowest BCUT2D eigenvalue weighted by molar-refractivity contribution is -0.802. The summed E-state index contributed by atoms with van der Waals surface area (Å²) in [6, 6.07) is 29.1. The third-order valence-electron chi connectivity index (χ3n) is 5.05. The summed E-state index contributed by atoms with van der Waals surface area (Å²) in [6.45, 7) is 2.92. The smallest absolute Gasteiger partial charge is 0.226 e. The van der Waals surface area contributed by atoms with Crippen LogP contribution in [0.15, 0.2) is 84.9 Å². The van der Waals surface area contributed by atoms with E-state index >= 15 is 0 Å². The van der Waals surface area contributed by atoms with Crippen LogP contribution in [0.2, 0.25) is 0 Å². The third-order valence-corrected chi connectivity index (χ3v) is 5.05. The molecule has 0 amide bonds. The molecule has 1 heterocycles. The second-order valence-electron chi connectivity index (χ2n) is 6.83. The van der Waals surface area contributed by atoms with Crippen molar-refractivity contribution >= 4 is 5.78 Å². The van der Waals surface area contributed by atoms with Gasteiger partial charge in [0.05, 0.1) is 0 Å². The van der Waals surface area contributed by atoms with Crippen LogP contribution in [0.3, 0.4) is 0 Å². The summed E-state index contributed by atoms with van der Waals surface area (Å²) in [5.41, 5.74) is 4.52. The first-order valence-corrected chi connectivity index (χ1v) is 8.79. The van der Waals surface area contributed by atoms with Crippen LogP contribution >= 0.6 is 0 Å². The summed E-state index contributed by atoms with van der Waals surface area (Å²) < 4.78 is 0. The molecule has 1 unspecified atom stereocenters. The lowest BCUT2D eigenvalue weighted by atomic mass is 10.0. The van der Waals surface area contributed by atoms with E-state index in [1.54, 1.807) is 0 Å². The van der Waals surface area contributed by atoms with Crippen molar-refractivity contribution in [3.63, 3.8) is 0 Å². The van der Waals surface area contributed by atoms with Crippen LogP contribution < -0.4 is 4.90 Å². The minimum absolute atomic E-state index is 0.00492. The van der Waals surface area contributed by atoms with Gasteiger partial charge in [-0.05, 0) is 6.92 Å². The number of aryl methyl sites for hydroxylation is 1. The van der Waals surface area contributed by atoms with E-state index < -0.39 is 0 Å². The van der Waals surface area contributed by atoms with Gasteiger partial charge < -0.3 is 4.90 Å². The average molecular weight is 328 g/mol. The Morgan fingerprint density at radius 2 is 1.44 bits per heavy atom. The van der Waals surface area contributed by atoms with E-state index in [4.69, 9.17) is 0 Å². The van der Waals surface area contributed by atoms with E-state index in [2.05, 4.69) is 48.5 Å². The van der Waals surface area contributed by atoms with Gasteiger partial charge in [-0.2, -0.15) is 0 Å². The molecular weight excluding hydrogens is 306 g/mol. The third kappa shape index (κ3) is 3.26. The maximum atomic E-state index is 13.1. The molecule has 1 N–H and O–H groups in total. The topological polar surface area (TPSA) is 21.5 Å². The minimum atomic E-state index is 0.00492. The number of hydrogen-bond donors (Lipinski definition) is 1. The van der Waals surface area contributed by atoms with Gasteiger partial charge in [-0.1, -0.05) is 90.5 Å². The van der Waals surface area contributed by atoms with Gasteiger partial charge in [0.15, 0.2) is 6.04 Å². The SMILES string of the molecule is Cc1ccc(C(=O)[C@@H]2[C@@H](c3ccccc3)[NH+]2Cc2ccccc2)cc1. The molecule has 3 atom stereocenters. The number of carbonyl (C=O) groups excluding carboxylic acids is 1. The van der Waals surface area contributed by atoms with Crippen molar-refractivity contribution in [3.8, 4) is 0 Å². The van der Waals surface area contributed by atoms with Crippen molar-refractivity contribution in [1.82, 2.24) is 0 Å². The Morgan fingerprint density at radius 1 is 0.840 bits per heavy atom. The first-order chi connectivity index (χ1) is 12.2. The highest BCUT2D eigenvalue weighted by molar-refractivity contribution is 6.00. The van der Waals surface area contributed by atoms with Crippen LogP contribution in [-0.2, 0) is 6.54 Å². The molecule has 0 radical (unpaired) electrons. The maximum absolute atomic E-state index is 13.1. The van der Waals surface area contributed by atoms with Gasteiger partial charge >= 0.3 is 0 Å². The van der Waals surface area contributed by atoms with E-state index in [-0.39, 0.29) is 17.9 Å². The fourth-order valence-electron chi connectivity index (χ4n) is 3.65. The predicted octanol–water partition coefficient (Wildman–Crippen LogP) is 3.39. The largest absolute Gasteiger partial charge is 0.305 e. The van der Waals surface area contributed by atoms with Crippen molar-refractivity contribution in [2.75, 3.05) is 0 Å². The fourth-order valence-corrected chi connectivity index (χ4v) is 3.65. The molecule has 1 aliphatic heterocycles. The Labute approximate surface area is 148 Å². The minimum Gasteiger partial charge on any atom is -0.305 e. The molecule has 2 nitrogen and oxygen atoms in total. The summed E-state index contributed by atoms with van der Waals surface area (Å²) in [5.74, 6) is 0.250. The average Bonchev–Trinajstić information content (AvgIpc) is 3.37. The van der Waals surface area contributed by atoms with Gasteiger partial charge in [0.1, 0.15) is 6.54 Å². The quantitative estimate of drug-likeness (QED) is 0.563. The molecule has 0 spiro atoms. The highest BCUT2D eigenvalue weighted by atomic mass is 16.1. The lowest BCUT2D eigenvalue weighted by Crippen LogP contribution is -2.93. The van der Waals surface area contributed by atoms with E-state index in [0.717, 1.165) is 12.1 Å². The number of Topliss-reactive ketones (excluding diaryl/α,β-unsaturated/α-hetero) is 1. The molecule has 0 saturated carbocycles. The maximum Gasteiger partial charge on any atom is 0.226 e. The molecule has 4 rings (SSSR count). The monoisotopic (exact) mass is 328 g/mol. The second-order valence-corrected chi connectivity index (χ2v) is 6.83. The second kappa shape index (κ2) is 6.66. The molecule has 3 aromatic rings. The molecule has 1 saturated heterocycles. The van der Waals surface area contributed by atoms with Gasteiger partial charge in [0.2, 0.25) is 11.8 Å². The molecule has 0 aliphatic carbocycles. The zero-order valence-electron chi connectivity index (χ0n) is 14.4. The highest BCUT2D eigenvalue weighted by Gasteiger charge is 2.59. The number of nitrogens with one attached hydrogen (secondary N) is 1. The van der Waals surface area contributed by atoms with Crippen molar-refractivity contribution in [2.24, 2.45) is 0 Å². The predicted molar refractivity (Wildman–Crippen MR) is 99.6 cm³/mol. The van der Waals surface area contributed by atoms with Crippen LogP contribution in [0.4, 0.5) is 0 Å². The van der Waals surface area contributed by atoms with Gasteiger partial charge in [0, 0.05) is 16.7 Å². The van der Waals surface area contributed by atoms with Crippen molar-refractivity contribution in [2.45, 2.75) is 25.6 Å². The molecule has 0 aromatic heterocycles. The van der Waals surface area contributed by atoms with Crippen LogP contribution in [0.25, 0.3) is 0 Å². The number of benzene rings is 3. The molecule has 0 bridgehead atoms. The first-order valence-electron chi connectivity index (χ1n) is 8.79. The van der Waals surface area contributed by atoms with E-state index in [9.17, 15) is 4.79 Å². The van der Waals surface area contributed by atoms with E-state index in [1.807, 2.05) is 43.3 Å². The Bertz CT molecular complexity index is 856. The van der Waals surface area contributed by atoms with Crippen molar-refractivity contribution in [3.05, 3.63) is 107 Å². The Morgan fingerprint density at radius 3 is 2.08 bits per heavy atom. The van der Waals surface area contributed by atoms with Crippen molar-refractivity contribution in [1.29, 1.82) is 0 Å². The highest BCUT2D eigenvalue weighted by Crippen LogP contribution is 2.26. The van der Waals surface area contributed by atoms with Crippen LogP contribution in [0.5, 0.6) is 0 Å². The number of rotatable bonds is 5. The standard InChI is InChI=1S/C23H21NO/c1-17-12-14-20(15-13-17)23(25)22-21(19-10-6-3-7-11-19)24(22)16-18-8-4-2-5-9-18/h2-15,21-22H,16H2,1H3/p+1/t21-,22+,24?/m1/s1.